The third-order valence-electron chi connectivity index (χ3n) is 3.43. The molecule has 1 aromatic rings. The lowest BCUT2D eigenvalue weighted by atomic mass is 10.0. The number of carbonyl (C=O) groups excluding carboxylic acids is 1. The van der Waals surface area contributed by atoms with Crippen LogP contribution in [0, 0.1) is 9.49 Å². The van der Waals surface area contributed by atoms with E-state index < -0.39 is 0 Å². The van der Waals surface area contributed by atoms with Gasteiger partial charge in [-0.1, -0.05) is 33.1 Å². The predicted molar refractivity (Wildman–Crippen MR) is 89.9 cm³/mol. The fraction of sp³-hybridized carbons (Fsp3) is 0.562. The summed E-state index contributed by atoms with van der Waals surface area (Å²) < 4.78 is 12.0. The predicted octanol–water partition coefficient (Wildman–Crippen LogP) is 4.71. The first-order valence-electron chi connectivity index (χ1n) is 7.11. The Balaban J connectivity index is 2.75. The van der Waals surface area contributed by atoms with Gasteiger partial charge in [0.15, 0.2) is 6.29 Å². The van der Waals surface area contributed by atoms with Crippen molar-refractivity contribution in [1.29, 1.82) is 0 Å². The third-order valence-corrected chi connectivity index (χ3v) is 4.27. The van der Waals surface area contributed by atoms with Crippen LogP contribution >= 0.6 is 22.6 Å². The number of hydrogen-bond donors (Lipinski definition) is 0. The van der Waals surface area contributed by atoms with Crippen molar-refractivity contribution in [2.75, 3.05) is 13.7 Å². The molecule has 1 unspecified atom stereocenters. The molecule has 4 heteroatoms. The first-order valence-corrected chi connectivity index (χ1v) is 8.19. The summed E-state index contributed by atoms with van der Waals surface area (Å²) in [6.45, 7) is 5.05. The average molecular weight is 390 g/mol. The fourth-order valence-corrected chi connectivity index (χ4v) is 2.69. The molecule has 112 valence electrons. The molecule has 0 saturated carbocycles. The van der Waals surface area contributed by atoms with Crippen molar-refractivity contribution in [3.8, 4) is 11.5 Å². The van der Waals surface area contributed by atoms with Gasteiger partial charge in [0, 0.05) is 0 Å². The van der Waals surface area contributed by atoms with Crippen molar-refractivity contribution in [1.82, 2.24) is 0 Å². The second-order valence-corrected chi connectivity index (χ2v) is 6.03. The molecule has 0 spiro atoms. The van der Waals surface area contributed by atoms with Crippen LogP contribution in [0.15, 0.2) is 12.1 Å². The lowest BCUT2D eigenvalue weighted by Gasteiger charge is -2.17. The van der Waals surface area contributed by atoms with Crippen molar-refractivity contribution in [2.45, 2.75) is 39.5 Å². The van der Waals surface area contributed by atoms with Crippen LogP contribution in [0.1, 0.15) is 49.9 Å². The average Bonchev–Trinajstić information content (AvgIpc) is 2.47. The van der Waals surface area contributed by atoms with E-state index in [9.17, 15) is 4.79 Å². The zero-order chi connectivity index (χ0) is 15.0. The van der Waals surface area contributed by atoms with E-state index in [0.717, 1.165) is 16.3 Å². The molecule has 1 aromatic carbocycles. The Labute approximate surface area is 135 Å². The highest BCUT2D eigenvalue weighted by molar-refractivity contribution is 14.1. The minimum atomic E-state index is 0.549. The zero-order valence-electron chi connectivity index (χ0n) is 12.4. The largest absolute Gasteiger partial charge is 0.496 e. The standard InChI is InChI=1S/C16H23IO3/c1-4-6-7-12(5-2)11-20-15-9-14(17)16(19-3)8-13(15)10-18/h8-10,12H,4-7,11H2,1-3H3. The highest BCUT2D eigenvalue weighted by atomic mass is 127. The fourth-order valence-electron chi connectivity index (χ4n) is 2.03. The van der Waals surface area contributed by atoms with Gasteiger partial charge in [0.25, 0.3) is 0 Å². The second-order valence-electron chi connectivity index (χ2n) is 4.87. The third kappa shape index (κ3) is 4.96. The van der Waals surface area contributed by atoms with E-state index in [1.165, 1.54) is 19.3 Å². The smallest absolute Gasteiger partial charge is 0.153 e. The lowest BCUT2D eigenvalue weighted by molar-refractivity contribution is 0.111. The summed E-state index contributed by atoms with van der Waals surface area (Å²) in [4.78, 5) is 11.2. The van der Waals surface area contributed by atoms with Crippen LogP contribution in [0.2, 0.25) is 0 Å². The Morgan fingerprint density at radius 2 is 2.05 bits per heavy atom. The van der Waals surface area contributed by atoms with Crippen molar-refractivity contribution in [3.05, 3.63) is 21.3 Å². The summed E-state index contributed by atoms with van der Waals surface area (Å²) in [6, 6.07) is 3.60. The molecule has 1 rings (SSSR count). The van der Waals surface area contributed by atoms with Crippen molar-refractivity contribution >= 4 is 28.9 Å². The SMILES string of the molecule is CCCCC(CC)COc1cc(I)c(OC)cc1C=O. The highest BCUT2D eigenvalue weighted by Gasteiger charge is 2.12. The maximum Gasteiger partial charge on any atom is 0.153 e. The van der Waals surface area contributed by atoms with Gasteiger partial charge in [-0.3, -0.25) is 4.79 Å². The van der Waals surface area contributed by atoms with Gasteiger partial charge in [0.1, 0.15) is 11.5 Å². The summed E-state index contributed by atoms with van der Waals surface area (Å²) in [7, 11) is 1.60. The van der Waals surface area contributed by atoms with Gasteiger partial charge >= 0.3 is 0 Å². The Kier molecular flexibility index (Phi) is 7.95. The summed E-state index contributed by atoms with van der Waals surface area (Å²) in [5.41, 5.74) is 0.549. The van der Waals surface area contributed by atoms with Crippen molar-refractivity contribution in [2.24, 2.45) is 5.92 Å². The monoisotopic (exact) mass is 390 g/mol. The van der Waals surface area contributed by atoms with Gasteiger partial charge < -0.3 is 9.47 Å². The van der Waals surface area contributed by atoms with E-state index >= 15 is 0 Å². The molecule has 0 radical (unpaired) electrons. The van der Waals surface area contributed by atoms with Crippen LogP contribution in [-0.2, 0) is 0 Å². The van der Waals surface area contributed by atoms with E-state index in [0.29, 0.717) is 29.6 Å². The van der Waals surface area contributed by atoms with Crippen LogP contribution in [0.5, 0.6) is 11.5 Å². The molecule has 0 saturated heterocycles. The zero-order valence-corrected chi connectivity index (χ0v) is 14.6. The molecule has 1 atom stereocenters. The van der Waals surface area contributed by atoms with E-state index in [4.69, 9.17) is 9.47 Å². The number of aldehydes is 1. The van der Waals surface area contributed by atoms with E-state index in [1.807, 2.05) is 6.07 Å². The first-order chi connectivity index (χ1) is 9.65. The van der Waals surface area contributed by atoms with Gasteiger partial charge in [0.2, 0.25) is 0 Å². The van der Waals surface area contributed by atoms with Crippen LogP contribution < -0.4 is 9.47 Å². The minimum absolute atomic E-state index is 0.549. The van der Waals surface area contributed by atoms with Gasteiger partial charge in [-0.2, -0.15) is 0 Å². The van der Waals surface area contributed by atoms with Gasteiger partial charge in [-0.15, -0.1) is 0 Å². The Bertz CT molecular complexity index is 432. The summed E-state index contributed by atoms with van der Waals surface area (Å²) in [5, 5.41) is 0. The molecule has 0 fully saturated rings. The topological polar surface area (TPSA) is 35.5 Å². The van der Waals surface area contributed by atoms with Crippen LogP contribution in [0.25, 0.3) is 0 Å². The molecule has 0 amide bonds. The summed E-state index contributed by atoms with van der Waals surface area (Å²) >= 11 is 2.19. The normalized spacial score (nSPS) is 12.0. The molecule has 3 nitrogen and oxygen atoms in total. The second kappa shape index (κ2) is 9.21. The molecule has 0 N–H and O–H groups in total. The van der Waals surface area contributed by atoms with Gasteiger partial charge in [0.05, 0.1) is 22.9 Å². The number of benzene rings is 1. The number of carbonyl (C=O) groups is 1. The molecule has 0 heterocycles. The highest BCUT2D eigenvalue weighted by Crippen LogP contribution is 2.29. The van der Waals surface area contributed by atoms with Crippen LogP contribution in [-0.4, -0.2) is 20.0 Å². The number of unbranched alkanes of at least 4 members (excludes halogenated alkanes) is 1. The minimum Gasteiger partial charge on any atom is -0.496 e. The number of hydrogen-bond acceptors (Lipinski definition) is 3. The maximum absolute atomic E-state index is 11.2. The van der Waals surface area contributed by atoms with Gasteiger partial charge in [-0.25, -0.2) is 0 Å². The quantitative estimate of drug-likeness (QED) is 0.453. The maximum atomic E-state index is 11.2. The molecule has 0 aliphatic carbocycles. The number of methoxy groups -OCH3 is 1. The summed E-state index contributed by atoms with van der Waals surface area (Å²) in [6.07, 6.45) is 5.53. The van der Waals surface area contributed by atoms with Crippen LogP contribution in [0.3, 0.4) is 0 Å². The first kappa shape index (κ1) is 17.3. The molecule has 0 aliphatic heterocycles. The molecule has 20 heavy (non-hydrogen) atoms. The number of rotatable bonds is 9. The van der Waals surface area contributed by atoms with E-state index in [2.05, 4.69) is 36.4 Å². The number of halogens is 1. The molecular weight excluding hydrogens is 367 g/mol. The van der Waals surface area contributed by atoms with Crippen LogP contribution in [0.4, 0.5) is 0 Å². The summed E-state index contributed by atoms with van der Waals surface area (Å²) in [5.74, 6) is 1.91. The number of ether oxygens (including phenoxy) is 2. The Hall–Kier alpha value is -0.780. The lowest BCUT2D eigenvalue weighted by Crippen LogP contribution is -2.12. The Morgan fingerprint density at radius 3 is 2.60 bits per heavy atom. The molecule has 0 aliphatic rings. The van der Waals surface area contributed by atoms with Crippen molar-refractivity contribution in [3.63, 3.8) is 0 Å². The van der Waals surface area contributed by atoms with Gasteiger partial charge in [-0.05, 0) is 47.1 Å². The molecular formula is C16H23IO3. The van der Waals surface area contributed by atoms with E-state index in [-0.39, 0.29) is 0 Å². The van der Waals surface area contributed by atoms with Crippen molar-refractivity contribution < 1.29 is 14.3 Å². The molecule has 0 aromatic heterocycles. The Morgan fingerprint density at radius 1 is 1.30 bits per heavy atom. The molecule has 0 bridgehead atoms. The van der Waals surface area contributed by atoms with E-state index in [1.54, 1.807) is 13.2 Å².